The zero-order valence-electron chi connectivity index (χ0n) is 13.7. The number of nitrogens with zero attached hydrogens (tertiary/aromatic N) is 3. The van der Waals surface area contributed by atoms with E-state index in [2.05, 4.69) is 10.1 Å². The summed E-state index contributed by atoms with van der Waals surface area (Å²) >= 11 is 0. The minimum atomic E-state index is -0.402. The number of hydrogen-bond acceptors (Lipinski definition) is 5. The Morgan fingerprint density at radius 1 is 1.29 bits per heavy atom. The molecule has 0 unspecified atom stereocenters. The number of fused-ring (bicyclic) bond motifs is 1. The third kappa shape index (κ3) is 2.56. The summed E-state index contributed by atoms with van der Waals surface area (Å²) in [5, 5.41) is 5.12. The Kier molecular flexibility index (Phi) is 4.12. The van der Waals surface area contributed by atoms with Crippen molar-refractivity contribution in [2.24, 2.45) is 0 Å². The number of benzene rings is 1. The molecule has 0 aliphatic carbocycles. The van der Waals surface area contributed by atoms with Crippen LogP contribution in [0.15, 0.2) is 41.3 Å². The molecule has 0 fully saturated rings. The Hall–Kier alpha value is -3.02. The number of aryl methyl sites for hydroxylation is 2. The van der Waals surface area contributed by atoms with Crippen molar-refractivity contribution in [3.8, 4) is 11.3 Å². The molecular formula is C18H17N3O3. The smallest absolute Gasteiger partial charge is 0.338 e. The molecule has 3 rings (SSSR count). The SMILES string of the molecule is CCn1nc(-c2ccc(C)c(C(=O)OC)c2)c2cccnc2c1=O. The third-order valence-electron chi connectivity index (χ3n) is 3.94. The topological polar surface area (TPSA) is 74.1 Å². The zero-order valence-corrected chi connectivity index (χ0v) is 13.7. The maximum atomic E-state index is 12.4. The van der Waals surface area contributed by atoms with Crippen LogP contribution in [-0.2, 0) is 11.3 Å². The minimum absolute atomic E-state index is 0.225. The van der Waals surface area contributed by atoms with Crippen molar-refractivity contribution in [2.45, 2.75) is 20.4 Å². The summed E-state index contributed by atoms with van der Waals surface area (Å²) in [5.41, 5.74) is 2.78. The summed E-state index contributed by atoms with van der Waals surface area (Å²) < 4.78 is 6.21. The summed E-state index contributed by atoms with van der Waals surface area (Å²) in [7, 11) is 1.35. The van der Waals surface area contributed by atoms with Crippen LogP contribution in [0, 0.1) is 6.92 Å². The molecule has 6 nitrogen and oxygen atoms in total. The number of rotatable bonds is 3. The number of esters is 1. The molecule has 2 aromatic heterocycles. The molecule has 2 heterocycles. The molecule has 0 atom stereocenters. The van der Waals surface area contributed by atoms with Crippen molar-refractivity contribution in [2.75, 3.05) is 7.11 Å². The lowest BCUT2D eigenvalue weighted by Gasteiger charge is -2.11. The van der Waals surface area contributed by atoms with Gasteiger partial charge in [0.25, 0.3) is 5.56 Å². The van der Waals surface area contributed by atoms with Gasteiger partial charge in [0.05, 0.1) is 12.7 Å². The van der Waals surface area contributed by atoms with Gasteiger partial charge in [-0.05, 0) is 37.6 Å². The predicted octanol–water partition coefficient (Wildman–Crippen LogP) is 2.57. The van der Waals surface area contributed by atoms with Crippen LogP contribution in [0.1, 0.15) is 22.8 Å². The Morgan fingerprint density at radius 2 is 2.08 bits per heavy atom. The van der Waals surface area contributed by atoms with Crippen LogP contribution in [0.5, 0.6) is 0 Å². The van der Waals surface area contributed by atoms with Crippen molar-refractivity contribution in [3.05, 3.63) is 58.0 Å². The van der Waals surface area contributed by atoms with E-state index >= 15 is 0 Å². The van der Waals surface area contributed by atoms with Crippen LogP contribution in [0.2, 0.25) is 0 Å². The van der Waals surface area contributed by atoms with Gasteiger partial charge in [-0.15, -0.1) is 0 Å². The fourth-order valence-corrected chi connectivity index (χ4v) is 2.64. The van der Waals surface area contributed by atoms with Crippen LogP contribution in [0.25, 0.3) is 22.2 Å². The molecule has 0 bridgehead atoms. The van der Waals surface area contributed by atoms with E-state index in [4.69, 9.17) is 4.74 Å². The summed E-state index contributed by atoms with van der Waals surface area (Å²) in [6, 6.07) is 9.02. The van der Waals surface area contributed by atoms with E-state index in [1.54, 1.807) is 18.3 Å². The molecule has 0 saturated heterocycles. The largest absolute Gasteiger partial charge is 0.465 e. The molecule has 0 aliphatic heterocycles. The average Bonchev–Trinajstić information content (AvgIpc) is 2.62. The van der Waals surface area contributed by atoms with Gasteiger partial charge in [0.2, 0.25) is 0 Å². The number of ether oxygens (including phenoxy) is 1. The van der Waals surface area contributed by atoms with Crippen molar-refractivity contribution < 1.29 is 9.53 Å². The van der Waals surface area contributed by atoms with Crippen LogP contribution in [-0.4, -0.2) is 27.8 Å². The van der Waals surface area contributed by atoms with Gasteiger partial charge < -0.3 is 4.74 Å². The number of pyridine rings is 1. The van der Waals surface area contributed by atoms with Crippen LogP contribution < -0.4 is 5.56 Å². The van der Waals surface area contributed by atoms with Crippen molar-refractivity contribution >= 4 is 16.9 Å². The molecule has 0 spiro atoms. The summed E-state index contributed by atoms with van der Waals surface area (Å²) in [6.45, 7) is 4.13. The molecule has 0 radical (unpaired) electrons. The van der Waals surface area contributed by atoms with E-state index in [1.165, 1.54) is 11.8 Å². The maximum absolute atomic E-state index is 12.4. The lowest BCUT2D eigenvalue weighted by Crippen LogP contribution is -2.23. The first-order valence-electron chi connectivity index (χ1n) is 7.62. The molecule has 122 valence electrons. The van der Waals surface area contributed by atoms with Crippen LogP contribution in [0.4, 0.5) is 0 Å². The normalized spacial score (nSPS) is 10.8. The fraction of sp³-hybridized carbons (Fsp3) is 0.222. The molecule has 0 aliphatic rings. The average molecular weight is 323 g/mol. The Bertz CT molecular complexity index is 992. The highest BCUT2D eigenvalue weighted by Gasteiger charge is 2.16. The zero-order chi connectivity index (χ0) is 17.3. The van der Waals surface area contributed by atoms with Gasteiger partial charge >= 0.3 is 5.97 Å². The van der Waals surface area contributed by atoms with E-state index < -0.39 is 5.97 Å². The first-order valence-corrected chi connectivity index (χ1v) is 7.62. The maximum Gasteiger partial charge on any atom is 0.338 e. The predicted molar refractivity (Wildman–Crippen MR) is 91.0 cm³/mol. The number of aromatic nitrogens is 3. The van der Waals surface area contributed by atoms with Gasteiger partial charge in [-0.3, -0.25) is 9.78 Å². The monoisotopic (exact) mass is 323 g/mol. The van der Waals surface area contributed by atoms with Gasteiger partial charge in [0, 0.05) is 23.7 Å². The van der Waals surface area contributed by atoms with Gasteiger partial charge in [0.15, 0.2) is 0 Å². The van der Waals surface area contributed by atoms with Crippen LogP contribution >= 0.6 is 0 Å². The van der Waals surface area contributed by atoms with E-state index in [0.29, 0.717) is 28.7 Å². The quantitative estimate of drug-likeness (QED) is 0.693. The fourth-order valence-electron chi connectivity index (χ4n) is 2.64. The second kappa shape index (κ2) is 6.23. The molecule has 3 aromatic rings. The van der Waals surface area contributed by atoms with Gasteiger partial charge in [-0.25, -0.2) is 9.48 Å². The van der Waals surface area contributed by atoms with E-state index in [1.807, 2.05) is 32.0 Å². The number of carbonyl (C=O) groups is 1. The second-order valence-electron chi connectivity index (χ2n) is 5.39. The first kappa shape index (κ1) is 15.9. The molecule has 6 heteroatoms. The molecular weight excluding hydrogens is 306 g/mol. The number of hydrogen-bond donors (Lipinski definition) is 0. The van der Waals surface area contributed by atoms with Crippen LogP contribution in [0.3, 0.4) is 0 Å². The van der Waals surface area contributed by atoms with E-state index in [9.17, 15) is 9.59 Å². The number of methoxy groups -OCH3 is 1. The lowest BCUT2D eigenvalue weighted by atomic mass is 10.0. The highest BCUT2D eigenvalue weighted by Crippen LogP contribution is 2.26. The van der Waals surface area contributed by atoms with Gasteiger partial charge in [0.1, 0.15) is 11.2 Å². The summed E-state index contributed by atoms with van der Waals surface area (Å²) in [6.07, 6.45) is 1.59. The standard InChI is InChI=1S/C18H17N3O3/c1-4-21-17(22)16-13(6-5-9-19-16)15(20-21)12-8-7-11(2)14(10-12)18(23)24-3/h5-10H,4H2,1-3H3. The second-order valence-corrected chi connectivity index (χ2v) is 5.39. The molecule has 0 N–H and O–H groups in total. The van der Waals surface area contributed by atoms with Gasteiger partial charge in [-0.1, -0.05) is 12.1 Å². The first-order chi connectivity index (χ1) is 11.6. The third-order valence-corrected chi connectivity index (χ3v) is 3.94. The highest BCUT2D eigenvalue weighted by atomic mass is 16.5. The van der Waals surface area contributed by atoms with E-state index in [-0.39, 0.29) is 5.56 Å². The Balaban J connectivity index is 2.32. The van der Waals surface area contributed by atoms with Gasteiger partial charge in [-0.2, -0.15) is 5.10 Å². The van der Waals surface area contributed by atoms with Crippen molar-refractivity contribution in [3.63, 3.8) is 0 Å². The number of carbonyl (C=O) groups excluding carboxylic acids is 1. The highest BCUT2D eigenvalue weighted by molar-refractivity contribution is 5.96. The molecule has 0 saturated carbocycles. The molecule has 1 aromatic carbocycles. The van der Waals surface area contributed by atoms with E-state index in [0.717, 1.165) is 11.1 Å². The lowest BCUT2D eigenvalue weighted by molar-refractivity contribution is 0.0600. The molecule has 0 amide bonds. The minimum Gasteiger partial charge on any atom is -0.465 e. The Morgan fingerprint density at radius 3 is 2.79 bits per heavy atom. The Labute approximate surface area is 138 Å². The molecule has 24 heavy (non-hydrogen) atoms. The summed E-state index contributed by atoms with van der Waals surface area (Å²) in [5.74, 6) is -0.402. The van der Waals surface area contributed by atoms with Crippen molar-refractivity contribution in [1.29, 1.82) is 0 Å². The summed E-state index contributed by atoms with van der Waals surface area (Å²) in [4.78, 5) is 28.5. The van der Waals surface area contributed by atoms with Crippen molar-refractivity contribution in [1.82, 2.24) is 14.8 Å².